The van der Waals surface area contributed by atoms with E-state index >= 15 is 0 Å². The van der Waals surface area contributed by atoms with E-state index < -0.39 is 0 Å². The van der Waals surface area contributed by atoms with Gasteiger partial charge in [-0.15, -0.1) is 0 Å². The molecule has 1 rings (SSSR count). The highest BCUT2D eigenvalue weighted by Crippen LogP contribution is 2.61. The Morgan fingerprint density at radius 3 is 1.64 bits per heavy atom. The fraction of sp³-hybridized carbons (Fsp3) is 1.00. The fourth-order valence-corrected chi connectivity index (χ4v) is 2.80. The molecule has 0 radical (unpaired) electrons. The lowest BCUT2D eigenvalue weighted by Gasteiger charge is -2.59. The Balaban J connectivity index is 2.62. The average Bonchev–Trinajstić information content (AvgIpc) is 2.03. The van der Waals surface area contributed by atoms with Gasteiger partial charge in [-0.05, 0) is 23.2 Å². The molecule has 0 nitrogen and oxygen atoms in total. The van der Waals surface area contributed by atoms with Gasteiger partial charge in [0.25, 0.3) is 0 Å². The lowest BCUT2D eigenvalue weighted by atomic mass is 9.46. The molecule has 1 aliphatic rings. The van der Waals surface area contributed by atoms with Crippen LogP contribution in [0.15, 0.2) is 0 Å². The molecule has 0 aromatic carbocycles. The Hall–Kier alpha value is 0. The van der Waals surface area contributed by atoms with E-state index in [1.165, 1.54) is 19.3 Å². The molecule has 1 fully saturated rings. The normalized spacial score (nSPS) is 50.5. The van der Waals surface area contributed by atoms with Crippen molar-refractivity contribution < 1.29 is 0 Å². The van der Waals surface area contributed by atoms with Gasteiger partial charge < -0.3 is 0 Å². The van der Waals surface area contributed by atoms with E-state index in [4.69, 9.17) is 0 Å². The van der Waals surface area contributed by atoms with Crippen LogP contribution in [0.4, 0.5) is 0 Å². The molecule has 66 valence electrons. The second-order valence-electron chi connectivity index (χ2n) is 4.91. The predicted octanol–water partition coefficient (Wildman–Crippen LogP) is 3.86. The van der Waals surface area contributed by atoms with Crippen molar-refractivity contribution in [3.05, 3.63) is 0 Å². The van der Waals surface area contributed by atoms with Crippen LogP contribution in [0.5, 0.6) is 0 Å². The average molecular weight is 154 g/mol. The molecule has 0 heteroatoms. The van der Waals surface area contributed by atoms with Crippen molar-refractivity contribution in [2.24, 2.45) is 16.7 Å². The van der Waals surface area contributed by atoms with E-state index in [9.17, 15) is 0 Å². The maximum atomic E-state index is 2.44. The van der Waals surface area contributed by atoms with Crippen LogP contribution in [0.25, 0.3) is 0 Å². The van der Waals surface area contributed by atoms with Gasteiger partial charge >= 0.3 is 0 Å². The van der Waals surface area contributed by atoms with Gasteiger partial charge in [-0.1, -0.05) is 47.5 Å². The van der Waals surface area contributed by atoms with Gasteiger partial charge in [-0.3, -0.25) is 0 Å². The van der Waals surface area contributed by atoms with Crippen molar-refractivity contribution in [2.45, 2.75) is 53.9 Å². The van der Waals surface area contributed by atoms with Crippen molar-refractivity contribution in [3.8, 4) is 0 Å². The molecule has 2 unspecified atom stereocenters. The van der Waals surface area contributed by atoms with Crippen molar-refractivity contribution in [1.29, 1.82) is 0 Å². The van der Waals surface area contributed by atoms with Crippen molar-refractivity contribution >= 4 is 0 Å². The number of hydrogen-bond donors (Lipinski definition) is 0. The van der Waals surface area contributed by atoms with Crippen LogP contribution in [-0.4, -0.2) is 0 Å². The minimum atomic E-state index is 0.658. The summed E-state index contributed by atoms with van der Waals surface area (Å²) < 4.78 is 0. The Morgan fingerprint density at radius 1 is 1.09 bits per heavy atom. The molecule has 1 aliphatic carbocycles. The summed E-state index contributed by atoms with van der Waals surface area (Å²) in [5.74, 6) is 0.921. The third kappa shape index (κ3) is 1.11. The largest absolute Gasteiger partial charge is 0.0649 e. The molecular formula is C11H22. The maximum Gasteiger partial charge on any atom is -0.0292 e. The number of rotatable bonds is 2. The SMILES string of the molecule is CCC1(C)CC(C)(CC)C1C. The molecular weight excluding hydrogens is 132 g/mol. The smallest absolute Gasteiger partial charge is 0.0292 e. The molecule has 2 atom stereocenters. The third-order valence-electron chi connectivity index (χ3n) is 4.51. The lowest BCUT2D eigenvalue weighted by Crippen LogP contribution is -2.51. The van der Waals surface area contributed by atoms with Crippen LogP contribution in [-0.2, 0) is 0 Å². The summed E-state index contributed by atoms with van der Waals surface area (Å²) in [5.41, 5.74) is 1.32. The predicted molar refractivity (Wildman–Crippen MR) is 50.6 cm³/mol. The van der Waals surface area contributed by atoms with Crippen LogP contribution in [0, 0.1) is 16.7 Å². The molecule has 0 N–H and O–H groups in total. The molecule has 0 aliphatic heterocycles. The Kier molecular flexibility index (Phi) is 2.07. The highest BCUT2D eigenvalue weighted by Gasteiger charge is 2.53. The second-order valence-corrected chi connectivity index (χ2v) is 4.91. The van der Waals surface area contributed by atoms with Gasteiger partial charge in [-0.25, -0.2) is 0 Å². The third-order valence-corrected chi connectivity index (χ3v) is 4.51. The summed E-state index contributed by atoms with van der Waals surface area (Å²) in [6, 6.07) is 0. The zero-order chi connectivity index (χ0) is 8.70. The molecule has 1 saturated carbocycles. The summed E-state index contributed by atoms with van der Waals surface area (Å²) in [4.78, 5) is 0. The standard InChI is InChI=1S/C11H22/c1-6-10(4)8-11(5,7-2)9(10)3/h9H,6-8H2,1-5H3. The van der Waals surface area contributed by atoms with Gasteiger partial charge in [0.2, 0.25) is 0 Å². The Bertz CT molecular complexity index is 134. The van der Waals surface area contributed by atoms with E-state index in [0.717, 1.165) is 5.92 Å². The molecule has 0 spiro atoms. The van der Waals surface area contributed by atoms with E-state index in [2.05, 4.69) is 34.6 Å². The summed E-state index contributed by atoms with van der Waals surface area (Å²) >= 11 is 0. The quantitative estimate of drug-likeness (QED) is 0.566. The van der Waals surface area contributed by atoms with E-state index in [0.29, 0.717) is 10.8 Å². The fourth-order valence-electron chi connectivity index (χ4n) is 2.80. The molecule has 0 aromatic rings. The molecule has 0 amide bonds. The van der Waals surface area contributed by atoms with Gasteiger partial charge in [0.05, 0.1) is 0 Å². The van der Waals surface area contributed by atoms with Crippen LogP contribution < -0.4 is 0 Å². The van der Waals surface area contributed by atoms with E-state index in [-0.39, 0.29) is 0 Å². The zero-order valence-electron chi connectivity index (χ0n) is 8.70. The molecule has 0 heterocycles. The highest BCUT2D eigenvalue weighted by molar-refractivity contribution is 5.02. The molecule has 0 bridgehead atoms. The van der Waals surface area contributed by atoms with Gasteiger partial charge in [0.1, 0.15) is 0 Å². The van der Waals surface area contributed by atoms with Gasteiger partial charge in [0, 0.05) is 0 Å². The van der Waals surface area contributed by atoms with E-state index in [1.807, 2.05) is 0 Å². The second kappa shape index (κ2) is 2.50. The first-order valence-corrected chi connectivity index (χ1v) is 4.98. The van der Waals surface area contributed by atoms with E-state index in [1.54, 1.807) is 0 Å². The minimum absolute atomic E-state index is 0.658. The van der Waals surface area contributed by atoms with Crippen molar-refractivity contribution in [1.82, 2.24) is 0 Å². The number of hydrogen-bond acceptors (Lipinski definition) is 0. The molecule has 11 heavy (non-hydrogen) atoms. The Labute approximate surface area is 71.4 Å². The topological polar surface area (TPSA) is 0 Å². The highest BCUT2D eigenvalue weighted by atomic mass is 14.6. The first-order valence-electron chi connectivity index (χ1n) is 4.98. The van der Waals surface area contributed by atoms with Gasteiger partial charge in [-0.2, -0.15) is 0 Å². The van der Waals surface area contributed by atoms with Crippen LogP contribution in [0.3, 0.4) is 0 Å². The summed E-state index contributed by atoms with van der Waals surface area (Å²) in [7, 11) is 0. The maximum absolute atomic E-state index is 2.44. The molecule has 0 saturated heterocycles. The molecule has 0 aromatic heterocycles. The Morgan fingerprint density at radius 2 is 1.45 bits per heavy atom. The van der Waals surface area contributed by atoms with Crippen LogP contribution >= 0.6 is 0 Å². The van der Waals surface area contributed by atoms with Crippen LogP contribution in [0.2, 0.25) is 0 Å². The zero-order valence-corrected chi connectivity index (χ0v) is 8.70. The lowest BCUT2D eigenvalue weighted by molar-refractivity contribution is -0.0988. The van der Waals surface area contributed by atoms with Crippen LogP contribution in [0.1, 0.15) is 53.9 Å². The van der Waals surface area contributed by atoms with Gasteiger partial charge in [0.15, 0.2) is 0 Å². The summed E-state index contributed by atoms with van der Waals surface area (Å²) in [5, 5.41) is 0. The first kappa shape index (κ1) is 9.09. The summed E-state index contributed by atoms with van der Waals surface area (Å²) in [6.45, 7) is 12.0. The first-order chi connectivity index (χ1) is 4.98. The summed E-state index contributed by atoms with van der Waals surface area (Å²) in [6.07, 6.45) is 4.14. The monoisotopic (exact) mass is 154 g/mol. The minimum Gasteiger partial charge on any atom is -0.0649 e. The van der Waals surface area contributed by atoms with Crippen molar-refractivity contribution in [3.63, 3.8) is 0 Å². The van der Waals surface area contributed by atoms with Crippen molar-refractivity contribution in [2.75, 3.05) is 0 Å².